The summed E-state index contributed by atoms with van der Waals surface area (Å²) in [5.74, 6) is 2.31. The molecule has 20 heavy (non-hydrogen) atoms. The first kappa shape index (κ1) is 14.9. The Balaban J connectivity index is 1.98. The van der Waals surface area contributed by atoms with Crippen LogP contribution in [0.4, 0.5) is 0 Å². The quantitative estimate of drug-likeness (QED) is 0.835. The molecule has 0 spiro atoms. The van der Waals surface area contributed by atoms with Crippen molar-refractivity contribution in [3.8, 4) is 11.8 Å². The lowest BCUT2D eigenvalue weighted by Crippen LogP contribution is -2.26. The summed E-state index contributed by atoms with van der Waals surface area (Å²) in [7, 11) is 1.65. The van der Waals surface area contributed by atoms with E-state index in [-0.39, 0.29) is 0 Å². The third-order valence-electron chi connectivity index (χ3n) is 4.43. The zero-order valence-electron chi connectivity index (χ0n) is 12.6. The van der Waals surface area contributed by atoms with E-state index in [9.17, 15) is 0 Å². The standard InChI is InChI=1S/C17H23NO2/c1-12-4-6-16(8-13(12)2)20-11-15-9-14(10-18)5-7-17(15)19-3/h5,7,9,12-13,16H,4,6,8,11H2,1-3H3. The summed E-state index contributed by atoms with van der Waals surface area (Å²) >= 11 is 0. The Bertz CT molecular complexity index is 492. The number of nitriles is 1. The summed E-state index contributed by atoms with van der Waals surface area (Å²) in [6.07, 6.45) is 3.82. The first-order valence-corrected chi connectivity index (χ1v) is 7.32. The van der Waals surface area contributed by atoms with Crippen LogP contribution in [0.5, 0.6) is 5.75 Å². The van der Waals surface area contributed by atoms with Crippen LogP contribution in [0.1, 0.15) is 44.2 Å². The fraction of sp³-hybridized carbons (Fsp3) is 0.588. The van der Waals surface area contributed by atoms with Gasteiger partial charge in [-0.25, -0.2) is 0 Å². The van der Waals surface area contributed by atoms with E-state index in [1.807, 2.05) is 12.1 Å². The summed E-state index contributed by atoms with van der Waals surface area (Å²) in [6.45, 7) is 5.14. The van der Waals surface area contributed by atoms with Crippen molar-refractivity contribution >= 4 is 0 Å². The van der Waals surface area contributed by atoms with Gasteiger partial charge in [-0.2, -0.15) is 5.26 Å². The molecule has 0 bridgehead atoms. The Morgan fingerprint density at radius 3 is 2.70 bits per heavy atom. The number of methoxy groups -OCH3 is 1. The van der Waals surface area contributed by atoms with Crippen molar-refractivity contribution in [2.45, 2.75) is 45.8 Å². The minimum absolute atomic E-state index is 0.330. The van der Waals surface area contributed by atoms with Crippen molar-refractivity contribution in [2.75, 3.05) is 7.11 Å². The molecule has 108 valence electrons. The van der Waals surface area contributed by atoms with E-state index in [4.69, 9.17) is 14.7 Å². The number of benzene rings is 1. The zero-order chi connectivity index (χ0) is 14.5. The van der Waals surface area contributed by atoms with Gasteiger partial charge in [-0.05, 0) is 49.3 Å². The summed E-state index contributed by atoms with van der Waals surface area (Å²) < 4.78 is 11.4. The molecule has 1 saturated carbocycles. The molecule has 0 aliphatic heterocycles. The average molecular weight is 273 g/mol. The highest BCUT2D eigenvalue weighted by Gasteiger charge is 2.25. The van der Waals surface area contributed by atoms with Gasteiger partial charge in [-0.3, -0.25) is 0 Å². The van der Waals surface area contributed by atoms with Crippen LogP contribution in [0.2, 0.25) is 0 Å². The average Bonchev–Trinajstić information content (AvgIpc) is 2.48. The van der Waals surface area contributed by atoms with E-state index in [0.29, 0.717) is 18.3 Å². The van der Waals surface area contributed by atoms with Crippen LogP contribution >= 0.6 is 0 Å². The summed E-state index contributed by atoms with van der Waals surface area (Å²) in [6, 6.07) is 7.62. The zero-order valence-corrected chi connectivity index (χ0v) is 12.6. The molecular weight excluding hydrogens is 250 g/mol. The van der Waals surface area contributed by atoms with Crippen molar-refractivity contribution in [3.63, 3.8) is 0 Å². The van der Waals surface area contributed by atoms with Gasteiger partial charge in [0.2, 0.25) is 0 Å². The second kappa shape index (κ2) is 6.76. The molecular formula is C17H23NO2. The maximum absolute atomic E-state index is 8.97. The molecule has 0 N–H and O–H groups in total. The second-order valence-electron chi connectivity index (χ2n) is 5.84. The fourth-order valence-electron chi connectivity index (χ4n) is 2.82. The van der Waals surface area contributed by atoms with E-state index < -0.39 is 0 Å². The van der Waals surface area contributed by atoms with Crippen molar-refractivity contribution in [2.24, 2.45) is 11.8 Å². The van der Waals surface area contributed by atoms with E-state index in [2.05, 4.69) is 19.9 Å². The Morgan fingerprint density at radius 2 is 2.05 bits per heavy atom. The lowest BCUT2D eigenvalue weighted by molar-refractivity contribution is -0.00807. The van der Waals surface area contributed by atoms with Crippen LogP contribution in [0.15, 0.2) is 18.2 Å². The van der Waals surface area contributed by atoms with Crippen LogP contribution in [0, 0.1) is 23.2 Å². The molecule has 0 radical (unpaired) electrons. The highest BCUT2D eigenvalue weighted by atomic mass is 16.5. The molecule has 1 aromatic carbocycles. The number of hydrogen-bond acceptors (Lipinski definition) is 3. The largest absolute Gasteiger partial charge is 0.496 e. The van der Waals surface area contributed by atoms with Gasteiger partial charge in [0.15, 0.2) is 0 Å². The van der Waals surface area contributed by atoms with Gasteiger partial charge in [0.1, 0.15) is 5.75 Å². The van der Waals surface area contributed by atoms with Gasteiger partial charge in [0.05, 0.1) is 31.5 Å². The van der Waals surface area contributed by atoms with Crippen LogP contribution in [-0.2, 0) is 11.3 Å². The smallest absolute Gasteiger partial charge is 0.124 e. The Morgan fingerprint density at radius 1 is 1.25 bits per heavy atom. The summed E-state index contributed by atoms with van der Waals surface area (Å²) in [4.78, 5) is 0. The molecule has 0 amide bonds. The molecule has 0 aromatic heterocycles. The van der Waals surface area contributed by atoms with Crippen molar-refractivity contribution in [1.82, 2.24) is 0 Å². The predicted octanol–water partition coefficient (Wildman–Crippen LogP) is 3.91. The van der Waals surface area contributed by atoms with Crippen molar-refractivity contribution < 1.29 is 9.47 Å². The first-order valence-electron chi connectivity index (χ1n) is 7.32. The monoisotopic (exact) mass is 273 g/mol. The van der Waals surface area contributed by atoms with Crippen LogP contribution in [-0.4, -0.2) is 13.2 Å². The van der Waals surface area contributed by atoms with Gasteiger partial charge in [-0.1, -0.05) is 13.8 Å². The topological polar surface area (TPSA) is 42.2 Å². The Hall–Kier alpha value is -1.53. The van der Waals surface area contributed by atoms with Gasteiger partial charge >= 0.3 is 0 Å². The number of nitrogens with zero attached hydrogens (tertiary/aromatic N) is 1. The van der Waals surface area contributed by atoms with E-state index in [1.165, 1.54) is 6.42 Å². The van der Waals surface area contributed by atoms with Gasteiger partial charge < -0.3 is 9.47 Å². The maximum atomic E-state index is 8.97. The molecule has 1 aliphatic carbocycles. The van der Waals surface area contributed by atoms with E-state index in [0.717, 1.165) is 36.0 Å². The predicted molar refractivity (Wildman–Crippen MR) is 78.5 cm³/mol. The summed E-state index contributed by atoms with van der Waals surface area (Å²) in [5.41, 5.74) is 1.60. The van der Waals surface area contributed by atoms with E-state index >= 15 is 0 Å². The molecule has 3 unspecified atom stereocenters. The van der Waals surface area contributed by atoms with Crippen molar-refractivity contribution in [3.05, 3.63) is 29.3 Å². The van der Waals surface area contributed by atoms with E-state index in [1.54, 1.807) is 13.2 Å². The van der Waals surface area contributed by atoms with Crippen molar-refractivity contribution in [1.29, 1.82) is 5.26 Å². The molecule has 2 rings (SSSR count). The SMILES string of the molecule is COc1ccc(C#N)cc1COC1CCC(C)C(C)C1. The molecule has 0 heterocycles. The normalized spacial score (nSPS) is 26.0. The molecule has 3 heteroatoms. The third kappa shape index (κ3) is 3.52. The van der Waals surface area contributed by atoms with Gasteiger partial charge in [0.25, 0.3) is 0 Å². The minimum Gasteiger partial charge on any atom is -0.496 e. The molecule has 1 aliphatic rings. The summed E-state index contributed by atoms with van der Waals surface area (Å²) in [5, 5.41) is 8.97. The van der Waals surface area contributed by atoms with Crippen LogP contribution in [0.3, 0.4) is 0 Å². The number of rotatable bonds is 4. The Labute approximate surface area is 121 Å². The molecule has 0 saturated heterocycles. The Kier molecular flexibility index (Phi) is 5.03. The lowest BCUT2D eigenvalue weighted by atomic mass is 9.80. The van der Waals surface area contributed by atoms with Crippen LogP contribution < -0.4 is 4.74 Å². The second-order valence-corrected chi connectivity index (χ2v) is 5.84. The minimum atomic E-state index is 0.330. The molecule has 3 nitrogen and oxygen atoms in total. The number of ether oxygens (including phenoxy) is 2. The number of hydrogen-bond donors (Lipinski definition) is 0. The molecule has 3 atom stereocenters. The van der Waals surface area contributed by atoms with Gasteiger partial charge in [-0.15, -0.1) is 0 Å². The van der Waals surface area contributed by atoms with Crippen LogP contribution in [0.25, 0.3) is 0 Å². The molecule has 1 fully saturated rings. The highest BCUT2D eigenvalue weighted by Crippen LogP contribution is 2.32. The highest BCUT2D eigenvalue weighted by molar-refractivity contribution is 5.41. The molecule has 1 aromatic rings. The lowest BCUT2D eigenvalue weighted by Gasteiger charge is -2.32. The maximum Gasteiger partial charge on any atom is 0.124 e. The third-order valence-corrected chi connectivity index (χ3v) is 4.43. The van der Waals surface area contributed by atoms with Gasteiger partial charge in [0, 0.05) is 5.56 Å². The first-order chi connectivity index (χ1) is 9.63. The fourth-order valence-corrected chi connectivity index (χ4v) is 2.82.